The third-order valence-corrected chi connectivity index (χ3v) is 3.02. The molecule has 0 saturated heterocycles. The van der Waals surface area contributed by atoms with E-state index in [1.54, 1.807) is 6.07 Å². The van der Waals surface area contributed by atoms with Gasteiger partial charge in [0.2, 0.25) is 0 Å². The number of ether oxygens (including phenoxy) is 1. The fourth-order valence-corrected chi connectivity index (χ4v) is 2.00. The average Bonchev–Trinajstić information content (AvgIpc) is 2.81. The number of carbonyl (C=O) groups excluding carboxylic acids is 1. The quantitative estimate of drug-likeness (QED) is 0.599. The van der Waals surface area contributed by atoms with Gasteiger partial charge in [-0.3, -0.25) is 5.32 Å². The maximum atomic E-state index is 11.8. The standard InChI is InChI=1S/C15H19N3O3/c1-4-20-12-8-6-5-7-11(12)13-14(15(19)21-17-13)16-9-10-18(2)3/h4-8,14,16H,1,9-10H2,2-3H3. The van der Waals surface area contributed by atoms with Gasteiger partial charge in [-0.15, -0.1) is 0 Å². The molecule has 6 nitrogen and oxygen atoms in total. The van der Waals surface area contributed by atoms with E-state index in [2.05, 4.69) is 17.1 Å². The molecule has 1 aliphatic heterocycles. The largest absolute Gasteiger partial charge is 0.465 e. The molecule has 1 N–H and O–H groups in total. The number of carbonyl (C=O) groups is 1. The summed E-state index contributed by atoms with van der Waals surface area (Å²) in [5.41, 5.74) is 1.24. The summed E-state index contributed by atoms with van der Waals surface area (Å²) in [6.07, 6.45) is 1.34. The van der Waals surface area contributed by atoms with E-state index in [1.807, 2.05) is 37.2 Å². The predicted molar refractivity (Wildman–Crippen MR) is 80.2 cm³/mol. The van der Waals surface area contributed by atoms with Crippen molar-refractivity contribution < 1.29 is 14.4 Å². The Bertz CT molecular complexity index is 555. The molecule has 1 unspecified atom stereocenters. The van der Waals surface area contributed by atoms with Crippen LogP contribution < -0.4 is 10.1 Å². The van der Waals surface area contributed by atoms with Gasteiger partial charge >= 0.3 is 5.97 Å². The lowest BCUT2D eigenvalue weighted by Gasteiger charge is -2.15. The van der Waals surface area contributed by atoms with Crippen molar-refractivity contribution in [3.05, 3.63) is 42.7 Å². The number of rotatable bonds is 7. The molecule has 1 heterocycles. The van der Waals surface area contributed by atoms with Crippen molar-refractivity contribution in [1.82, 2.24) is 10.2 Å². The summed E-state index contributed by atoms with van der Waals surface area (Å²) in [6.45, 7) is 5.00. The number of nitrogens with zero attached hydrogens (tertiary/aromatic N) is 2. The number of hydrogen-bond donors (Lipinski definition) is 1. The van der Waals surface area contributed by atoms with Crippen LogP contribution in [0.4, 0.5) is 0 Å². The Morgan fingerprint density at radius 3 is 2.95 bits per heavy atom. The van der Waals surface area contributed by atoms with E-state index in [-0.39, 0.29) is 0 Å². The van der Waals surface area contributed by atoms with E-state index in [0.717, 1.165) is 6.54 Å². The van der Waals surface area contributed by atoms with Crippen LogP contribution in [0.15, 0.2) is 42.3 Å². The molecule has 6 heteroatoms. The summed E-state index contributed by atoms with van der Waals surface area (Å²) >= 11 is 0. The maximum absolute atomic E-state index is 11.8. The molecule has 0 spiro atoms. The van der Waals surface area contributed by atoms with Gasteiger partial charge < -0.3 is 14.5 Å². The summed E-state index contributed by atoms with van der Waals surface area (Å²) < 4.78 is 5.36. The Kier molecular flexibility index (Phi) is 5.08. The van der Waals surface area contributed by atoms with Crippen molar-refractivity contribution in [3.8, 4) is 5.75 Å². The zero-order valence-corrected chi connectivity index (χ0v) is 12.2. The Morgan fingerprint density at radius 1 is 1.48 bits per heavy atom. The van der Waals surface area contributed by atoms with Crippen molar-refractivity contribution in [2.45, 2.75) is 6.04 Å². The SMILES string of the molecule is C=COc1ccccc1C1=NOC(=O)C1NCCN(C)C. The fourth-order valence-electron chi connectivity index (χ4n) is 2.00. The predicted octanol–water partition coefficient (Wildman–Crippen LogP) is 0.990. The van der Waals surface area contributed by atoms with Crippen LogP contribution in [0.5, 0.6) is 5.75 Å². The molecule has 0 fully saturated rings. The van der Waals surface area contributed by atoms with Gasteiger partial charge in [0.05, 0.1) is 6.26 Å². The molecule has 0 aromatic heterocycles. The van der Waals surface area contributed by atoms with E-state index in [1.165, 1.54) is 6.26 Å². The van der Waals surface area contributed by atoms with Crippen molar-refractivity contribution in [3.63, 3.8) is 0 Å². The molecule has 21 heavy (non-hydrogen) atoms. The second-order valence-corrected chi connectivity index (χ2v) is 4.86. The minimum absolute atomic E-state index is 0.405. The van der Waals surface area contributed by atoms with Gasteiger partial charge in [0.25, 0.3) is 0 Å². The topological polar surface area (TPSA) is 63.2 Å². The number of benzene rings is 1. The van der Waals surface area contributed by atoms with Crippen LogP contribution in [0.25, 0.3) is 0 Å². The first-order valence-corrected chi connectivity index (χ1v) is 6.67. The van der Waals surface area contributed by atoms with Gasteiger partial charge in [-0.25, -0.2) is 4.79 Å². The second-order valence-electron chi connectivity index (χ2n) is 4.86. The first-order valence-electron chi connectivity index (χ1n) is 6.67. The zero-order chi connectivity index (χ0) is 15.2. The number of hydrogen-bond acceptors (Lipinski definition) is 6. The summed E-state index contributed by atoms with van der Waals surface area (Å²) in [7, 11) is 3.94. The van der Waals surface area contributed by atoms with E-state index in [9.17, 15) is 4.79 Å². The molecular formula is C15H19N3O3. The Hall–Kier alpha value is -2.18. The van der Waals surface area contributed by atoms with Crippen LogP contribution in [0, 0.1) is 0 Å². The van der Waals surface area contributed by atoms with Crippen molar-refractivity contribution in [1.29, 1.82) is 0 Å². The van der Waals surface area contributed by atoms with E-state index < -0.39 is 12.0 Å². The Labute approximate surface area is 124 Å². The van der Waals surface area contributed by atoms with Crippen LogP contribution in [0.3, 0.4) is 0 Å². The fraction of sp³-hybridized carbons (Fsp3) is 0.333. The third kappa shape index (κ3) is 3.68. The maximum Gasteiger partial charge on any atom is 0.358 e. The van der Waals surface area contributed by atoms with Crippen LogP contribution in [0.1, 0.15) is 5.56 Å². The summed E-state index contributed by atoms with van der Waals surface area (Å²) in [5.74, 6) is 0.182. The summed E-state index contributed by atoms with van der Waals surface area (Å²) in [6, 6.07) is 6.74. The highest BCUT2D eigenvalue weighted by molar-refractivity contribution is 6.18. The summed E-state index contributed by atoms with van der Waals surface area (Å²) in [5, 5.41) is 7.04. The minimum Gasteiger partial charge on any atom is -0.465 e. The molecule has 0 saturated carbocycles. The molecular weight excluding hydrogens is 270 g/mol. The van der Waals surface area contributed by atoms with Crippen LogP contribution in [-0.4, -0.2) is 49.8 Å². The van der Waals surface area contributed by atoms with Gasteiger partial charge in [0.15, 0.2) is 6.04 Å². The molecule has 1 atom stereocenters. The molecule has 1 aromatic rings. The number of nitrogens with one attached hydrogen (secondary N) is 1. The Morgan fingerprint density at radius 2 is 2.24 bits per heavy atom. The highest BCUT2D eigenvalue weighted by Gasteiger charge is 2.34. The van der Waals surface area contributed by atoms with Crippen LogP contribution in [0.2, 0.25) is 0 Å². The lowest BCUT2D eigenvalue weighted by Crippen LogP contribution is -2.43. The van der Waals surface area contributed by atoms with E-state index >= 15 is 0 Å². The minimum atomic E-state index is -0.584. The van der Waals surface area contributed by atoms with Crippen LogP contribution >= 0.6 is 0 Å². The molecule has 0 bridgehead atoms. The monoisotopic (exact) mass is 289 g/mol. The second kappa shape index (κ2) is 7.01. The molecule has 2 rings (SSSR count). The lowest BCUT2D eigenvalue weighted by atomic mass is 10.0. The van der Waals surface area contributed by atoms with Gasteiger partial charge in [-0.05, 0) is 26.2 Å². The lowest BCUT2D eigenvalue weighted by molar-refractivity contribution is -0.141. The van der Waals surface area contributed by atoms with E-state index in [0.29, 0.717) is 23.6 Å². The van der Waals surface area contributed by atoms with Gasteiger partial charge in [-0.1, -0.05) is 23.9 Å². The van der Waals surface area contributed by atoms with E-state index in [4.69, 9.17) is 9.57 Å². The van der Waals surface area contributed by atoms with Gasteiger partial charge in [0, 0.05) is 18.7 Å². The van der Waals surface area contributed by atoms with Crippen molar-refractivity contribution in [2.24, 2.45) is 5.16 Å². The van der Waals surface area contributed by atoms with Gasteiger partial charge in [0.1, 0.15) is 11.5 Å². The molecule has 0 radical (unpaired) electrons. The molecule has 112 valence electrons. The number of oxime groups is 1. The highest BCUT2D eigenvalue weighted by Crippen LogP contribution is 2.23. The van der Waals surface area contributed by atoms with Gasteiger partial charge in [-0.2, -0.15) is 0 Å². The van der Waals surface area contributed by atoms with Crippen molar-refractivity contribution >= 4 is 11.7 Å². The average molecular weight is 289 g/mol. The summed E-state index contributed by atoms with van der Waals surface area (Å²) in [4.78, 5) is 18.7. The number of para-hydroxylation sites is 1. The third-order valence-electron chi connectivity index (χ3n) is 3.02. The first-order chi connectivity index (χ1) is 10.1. The molecule has 1 aliphatic rings. The Balaban J connectivity index is 2.17. The molecule has 0 aliphatic carbocycles. The molecule has 1 aromatic carbocycles. The normalized spacial score (nSPS) is 17.6. The molecule has 0 amide bonds. The van der Waals surface area contributed by atoms with Crippen LogP contribution in [-0.2, 0) is 9.63 Å². The zero-order valence-electron chi connectivity index (χ0n) is 12.2. The number of likely N-dealkylation sites (N-methyl/N-ethyl adjacent to an activating group) is 1. The van der Waals surface area contributed by atoms with Crippen molar-refractivity contribution in [2.75, 3.05) is 27.2 Å². The first kappa shape index (κ1) is 15.2. The highest BCUT2D eigenvalue weighted by atomic mass is 16.7. The smallest absolute Gasteiger partial charge is 0.358 e.